The highest BCUT2D eigenvalue weighted by molar-refractivity contribution is 5.33. The molecule has 0 fully saturated rings. The third kappa shape index (κ3) is 12.7. The van der Waals surface area contributed by atoms with Gasteiger partial charge in [-0.15, -0.1) is 0 Å². The predicted molar refractivity (Wildman–Crippen MR) is 77.9 cm³/mol. The first-order valence-corrected chi connectivity index (χ1v) is 5.89. The Labute approximate surface area is 122 Å². The van der Waals surface area contributed by atoms with Crippen molar-refractivity contribution in [2.45, 2.75) is 0 Å². The number of aromatic nitrogens is 3. The summed E-state index contributed by atoms with van der Waals surface area (Å²) in [4.78, 5) is 20.3. The van der Waals surface area contributed by atoms with Crippen LogP contribution in [0.1, 0.15) is 0 Å². The Morgan fingerprint density at radius 1 is 0.762 bits per heavy atom. The maximum absolute atomic E-state index is 8.48. The summed E-state index contributed by atoms with van der Waals surface area (Å²) in [7, 11) is 0. The molecule has 0 aromatic carbocycles. The van der Waals surface area contributed by atoms with Crippen molar-refractivity contribution in [3.8, 4) is 0 Å². The number of anilines is 3. The van der Waals surface area contributed by atoms with Crippen molar-refractivity contribution < 1.29 is 20.1 Å². The van der Waals surface area contributed by atoms with Gasteiger partial charge in [0.05, 0.1) is 19.8 Å². The third-order valence-corrected chi connectivity index (χ3v) is 1.94. The number of nitrogen functional groups attached to an aromatic ring is 3. The van der Waals surface area contributed by atoms with Gasteiger partial charge in [-0.3, -0.25) is 4.90 Å². The van der Waals surface area contributed by atoms with Gasteiger partial charge in [-0.2, -0.15) is 15.0 Å². The molecule has 0 bridgehead atoms. The van der Waals surface area contributed by atoms with Crippen molar-refractivity contribution >= 4 is 24.6 Å². The van der Waals surface area contributed by atoms with Crippen LogP contribution in [0.15, 0.2) is 0 Å². The van der Waals surface area contributed by atoms with E-state index in [1.807, 2.05) is 6.79 Å². The quantitative estimate of drug-likeness (QED) is 0.307. The van der Waals surface area contributed by atoms with Gasteiger partial charge in [-0.05, 0) is 0 Å². The van der Waals surface area contributed by atoms with Crippen LogP contribution in [0.3, 0.4) is 0 Å². The Balaban J connectivity index is 0. The summed E-state index contributed by atoms with van der Waals surface area (Å²) in [5.74, 6) is 0.125. The van der Waals surface area contributed by atoms with Crippen LogP contribution in [-0.4, -0.2) is 81.4 Å². The zero-order valence-electron chi connectivity index (χ0n) is 11.7. The van der Waals surface area contributed by atoms with Gasteiger partial charge < -0.3 is 37.3 Å². The number of aliphatic hydroxyl groups excluding tert-OH is 3. The monoisotopic (exact) mass is 305 g/mol. The van der Waals surface area contributed by atoms with Crippen molar-refractivity contribution in [2.75, 3.05) is 56.7 Å². The summed E-state index contributed by atoms with van der Waals surface area (Å²) in [6.07, 6.45) is 0. The van der Waals surface area contributed by atoms with E-state index in [1.54, 1.807) is 4.90 Å². The van der Waals surface area contributed by atoms with Crippen LogP contribution in [0, 0.1) is 0 Å². The first kappa shape index (κ1) is 21.2. The van der Waals surface area contributed by atoms with Gasteiger partial charge in [0, 0.05) is 19.6 Å². The van der Waals surface area contributed by atoms with Gasteiger partial charge in [-0.1, -0.05) is 0 Å². The van der Waals surface area contributed by atoms with Gasteiger partial charge in [0.25, 0.3) is 0 Å². The molecule has 0 aliphatic rings. The van der Waals surface area contributed by atoms with Gasteiger partial charge >= 0.3 is 0 Å². The highest BCUT2D eigenvalue weighted by Gasteiger charge is 2.00. The molecule has 0 atom stereocenters. The molecule has 1 aromatic rings. The van der Waals surface area contributed by atoms with E-state index in [0.29, 0.717) is 19.6 Å². The number of hydrogen-bond donors (Lipinski definition) is 6. The van der Waals surface area contributed by atoms with E-state index in [2.05, 4.69) is 15.0 Å². The van der Waals surface area contributed by atoms with Crippen molar-refractivity contribution in [3.63, 3.8) is 0 Å². The van der Waals surface area contributed by atoms with Gasteiger partial charge in [0.1, 0.15) is 6.79 Å². The molecule has 1 rings (SSSR count). The van der Waals surface area contributed by atoms with Crippen LogP contribution in [0.5, 0.6) is 0 Å². The number of aliphatic hydroxyl groups is 3. The summed E-state index contributed by atoms with van der Waals surface area (Å²) in [5, 5.41) is 25.5. The molecule has 0 saturated carbocycles. The molecule has 0 aliphatic heterocycles. The molecule has 11 heteroatoms. The second-order valence-corrected chi connectivity index (χ2v) is 3.42. The SMILES string of the molecule is C=O.Nc1nc(N)nc(N)n1.OCCN(CCO)CCO. The molecular formula is C10H23N7O4. The zero-order chi connectivity index (χ0) is 16.7. The predicted octanol–water partition coefficient (Wildman–Crippen LogP) is -3.30. The first-order valence-electron chi connectivity index (χ1n) is 5.89. The summed E-state index contributed by atoms with van der Waals surface area (Å²) in [6, 6.07) is 0. The Hall–Kier alpha value is -2.08. The minimum atomic E-state index is 0.0417. The minimum Gasteiger partial charge on any atom is -0.395 e. The fourth-order valence-corrected chi connectivity index (χ4v) is 1.19. The largest absolute Gasteiger partial charge is 0.395 e. The molecule has 1 aromatic heterocycles. The first-order chi connectivity index (χ1) is 10.0. The van der Waals surface area contributed by atoms with Crippen molar-refractivity contribution in [1.29, 1.82) is 0 Å². The molecule has 0 radical (unpaired) electrons. The number of nitrogens with two attached hydrogens (primary N) is 3. The van der Waals surface area contributed by atoms with Crippen molar-refractivity contribution in [1.82, 2.24) is 19.9 Å². The van der Waals surface area contributed by atoms with Crippen LogP contribution < -0.4 is 17.2 Å². The van der Waals surface area contributed by atoms with E-state index >= 15 is 0 Å². The lowest BCUT2D eigenvalue weighted by atomic mass is 10.4. The molecule has 9 N–H and O–H groups in total. The summed E-state index contributed by atoms with van der Waals surface area (Å²) >= 11 is 0. The van der Waals surface area contributed by atoms with Crippen LogP contribution in [0.2, 0.25) is 0 Å². The fourth-order valence-electron chi connectivity index (χ4n) is 1.19. The Bertz CT molecular complexity index is 305. The average molecular weight is 305 g/mol. The number of rotatable bonds is 6. The summed E-state index contributed by atoms with van der Waals surface area (Å²) in [5.41, 5.74) is 15.4. The molecule has 0 aliphatic carbocycles. The molecule has 0 amide bonds. The van der Waals surface area contributed by atoms with E-state index in [-0.39, 0.29) is 37.7 Å². The highest BCUT2D eigenvalue weighted by Crippen LogP contribution is 1.97. The van der Waals surface area contributed by atoms with Crippen molar-refractivity contribution in [2.24, 2.45) is 0 Å². The molecular weight excluding hydrogens is 282 g/mol. The summed E-state index contributed by atoms with van der Waals surface area (Å²) < 4.78 is 0. The van der Waals surface area contributed by atoms with Crippen LogP contribution in [0.4, 0.5) is 17.8 Å². The van der Waals surface area contributed by atoms with E-state index in [1.165, 1.54) is 0 Å². The number of hydrogen-bond acceptors (Lipinski definition) is 11. The van der Waals surface area contributed by atoms with Crippen LogP contribution in [0.25, 0.3) is 0 Å². The van der Waals surface area contributed by atoms with E-state index in [0.717, 1.165) is 0 Å². The number of carbonyl (C=O) groups excluding carboxylic acids is 1. The zero-order valence-corrected chi connectivity index (χ0v) is 11.7. The minimum absolute atomic E-state index is 0.0417. The number of carbonyl (C=O) groups is 1. The van der Waals surface area contributed by atoms with E-state index < -0.39 is 0 Å². The normalized spacial score (nSPS) is 9.33. The Morgan fingerprint density at radius 2 is 1.00 bits per heavy atom. The molecule has 0 unspecified atom stereocenters. The van der Waals surface area contributed by atoms with Gasteiger partial charge in [-0.25, -0.2) is 0 Å². The maximum atomic E-state index is 8.48. The molecule has 11 nitrogen and oxygen atoms in total. The van der Waals surface area contributed by atoms with Gasteiger partial charge in [0.15, 0.2) is 0 Å². The topological polar surface area (TPSA) is 198 Å². The lowest BCUT2D eigenvalue weighted by molar-refractivity contribution is -0.0979. The fraction of sp³-hybridized carbons (Fsp3) is 0.600. The van der Waals surface area contributed by atoms with E-state index in [4.69, 9.17) is 37.3 Å². The molecule has 1 heterocycles. The molecule has 0 saturated heterocycles. The Morgan fingerprint density at radius 3 is 1.19 bits per heavy atom. The lowest BCUT2D eigenvalue weighted by Gasteiger charge is -2.17. The standard InChI is InChI=1S/C6H15NO3.C3H6N6.CH2O/c8-4-1-7(2-5-9)3-6-10;4-1-7-2(5)9-3(6)8-1;1-2/h8-10H,1-6H2;(H6,4,5,6,7,8,9);1H2. The second kappa shape index (κ2) is 14.3. The maximum Gasteiger partial charge on any atom is 0.226 e. The van der Waals surface area contributed by atoms with Gasteiger partial charge in [0.2, 0.25) is 17.8 Å². The smallest absolute Gasteiger partial charge is 0.226 e. The average Bonchev–Trinajstić information content (AvgIpc) is 2.41. The summed E-state index contributed by atoms with van der Waals surface area (Å²) in [6.45, 7) is 3.75. The number of nitrogens with zero attached hydrogens (tertiary/aromatic N) is 4. The molecule has 122 valence electrons. The lowest BCUT2D eigenvalue weighted by Crippen LogP contribution is -2.32. The third-order valence-electron chi connectivity index (χ3n) is 1.94. The molecule has 0 spiro atoms. The van der Waals surface area contributed by atoms with Crippen molar-refractivity contribution in [3.05, 3.63) is 0 Å². The second-order valence-electron chi connectivity index (χ2n) is 3.42. The highest BCUT2D eigenvalue weighted by atomic mass is 16.3. The van der Waals surface area contributed by atoms with Crippen LogP contribution >= 0.6 is 0 Å². The molecule has 21 heavy (non-hydrogen) atoms. The van der Waals surface area contributed by atoms with Crippen LogP contribution in [-0.2, 0) is 4.79 Å². The Kier molecular flexibility index (Phi) is 14.5. The van der Waals surface area contributed by atoms with E-state index in [9.17, 15) is 0 Å².